The highest BCUT2D eigenvalue weighted by Crippen LogP contribution is 2.34. The van der Waals surface area contributed by atoms with Gasteiger partial charge in [-0.3, -0.25) is 4.79 Å². The maximum absolute atomic E-state index is 11.0. The molecule has 16 heavy (non-hydrogen) atoms. The van der Waals surface area contributed by atoms with E-state index in [1.54, 1.807) is 25.1 Å². The van der Waals surface area contributed by atoms with Crippen LogP contribution in [-0.4, -0.2) is 16.2 Å². The molecule has 1 aromatic rings. The Morgan fingerprint density at radius 1 is 1.56 bits per heavy atom. The molecule has 0 radical (unpaired) electrons. The van der Waals surface area contributed by atoms with Gasteiger partial charge < -0.3 is 10.2 Å². The Bertz CT molecular complexity index is 392. The molecule has 0 aliphatic heterocycles. The minimum absolute atomic E-state index is 0.358. The quantitative estimate of drug-likeness (QED) is 0.895. The van der Waals surface area contributed by atoms with Gasteiger partial charge in [-0.2, -0.15) is 0 Å². The molecule has 0 aromatic heterocycles. The summed E-state index contributed by atoms with van der Waals surface area (Å²) >= 11 is 3.31. The van der Waals surface area contributed by atoms with Crippen molar-refractivity contribution in [1.82, 2.24) is 0 Å². The Labute approximate surface area is 103 Å². The second kappa shape index (κ2) is 4.97. The number of benzene rings is 1. The van der Waals surface area contributed by atoms with Crippen LogP contribution in [0.4, 0.5) is 0 Å². The molecule has 0 aliphatic carbocycles. The average Bonchev–Trinajstić information content (AvgIpc) is 2.26. The molecule has 2 unspecified atom stereocenters. The number of aliphatic carboxylic acids is 1. The van der Waals surface area contributed by atoms with Crippen LogP contribution in [0.15, 0.2) is 28.7 Å². The zero-order valence-electron chi connectivity index (χ0n) is 9.27. The third-order valence-electron chi connectivity index (χ3n) is 2.95. The summed E-state index contributed by atoms with van der Waals surface area (Å²) in [5, 5.41) is 19.5. The van der Waals surface area contributed by atoms with E-state index >= 15 is 0 Å². The number of halogens is 1. The number of carboxylic acids is 1. The molecule has 2 atom stereocenters. The van der Waals surface area contributed by atoms with Crippen molar-refractivity contribution in [3.05, 3.63) is 34.3 Å². The molecule has 0 amide bonds. The molecule has 4 heteroatoms. The molecule has 0 fully saturated rings. The van der Waals surface area contributed by atoms with E-state index in [1.165, 1.54) is 6.92 Å². The zero-order valence-corrected chi connectivity index (χ0v) is 10.9. The Morgan fingerprint density at radius 2 is 2.19 bits per heavy atom. The lowest BCUT2D eigenvalue weighted by Crippen LogP contribution is -2.37. The first kappa shape index (κ1) is 13.2. The number of rotatable bonds is 4. The molecule has 0 heterocycles. The van der Waals surface area contributed by atoms with Gasteiger partial charge in [0.2, 0.25) is 0 Å². The monoisotopic (exact) mass is 286 g/mol. The average molecular weight is 287 g/mol. The molecule has 0 bridgehead atoms. The lowest BCUT2D eigenvalue weighted by atomic mass is 9.80. The standard InChI is InChI=1S/C12H15BrO3/c1-3-12(16,8(2)11(14)15)9-5-4-6-10(13)7-9/h4-8,16H,3H2,1-2H3,(H,14,15). The third-order valence-corrected chi connectivity index (χ3v) is 3.44. The van der Waals surface area contributed by atoms with Crippen molar-refractivity contribution >= 4 is 21.9 Å². The summed E-state index contributed by atoms with van der Waals surface area (Å²) in [6.45, 7) is 3.30. The van der Waals surface area contributed by atoms with Crippen molar-refractivity contribution in [2.75, 3.05) is 0 Å². The third kappa shape index (κ3) is 2.44. The van der Waals surface area contributed by atoms with Crippen molar-refractivity contribution in [2.45, 2.75) is 25.9 Å². The van der Waals surface area contributed by atoms with Crippen LogP contribution in [0, 0.1) is 5.92 Å². The molecule has 1 rings (SSSR count). The minimum atomic E-state index is -1.32. The molecular weight excluding hydrogens is 272 g/mol. The molecule has 3 nitrogen and oxygen atoms in total. The van der Waals surface area contributed by atoms with Gasteiger partial charge in [-0.1, -0.05) is 35.0 Å². The maximum atomic E-state index is 11.0. The lowest BCUT2D eigenvalue weighted by molar-refractivity contribution is -0.152. The van der Waals surface area contributed by atoms with E-state index in [4.69, 9.17) is 5.11 Å². The van der Waals surface area contributed by atoms with Gasteiger partial charge in [0.1, 0.15) is 5.60 Å². The van der Waals surface area contributed by atoms with E-state index in [1.807, 2.05) is 6.07 Å². The summed E-state index contributed by atoms with van der Waals surface area (Å²) in [5.41, 5.74) is -0.699. The van der Waals surface area contributed by atoms with E-state index in [0.29, 0.717) is 12.0 Å². The van der Waals surface area contributed by atoms with Crippen LogP contribution in [0.25, 0.3) is 0 Å². The summed E-state index contributed by atoms with van der Waals surface area (Å²) in [4.78, 5) is 11.0. The van der Waals surface area contributed by atoms with Gasteiger partial charge in [0.05, 0.1) is 5.92 Å². The molecular formula is C12H15BrO3. The van der Waals surface area contributed by atoms with E-state index in [-0.39, 0.29) is 0 Å². The van der Waals surface area contributed by atoms with Crippen LogP contribution in [0.5, 0.6) is 0 Å². The van der Waals surface area contributed by atoms with Gasteiger partial charge >= 0.3 is 5.97 Å². The first-order valence-corrected chi connectivity index (χ1v) is 5.92. The lowest BCUT2D eigenvalue weighted by Gasteiger charge is -2.31. The number of carbonyl (C=O) groups is 1. The van der Waals surface area contributed by atoms with Crippen LogP contribution in [0.1, 0.15) is 25.8 Å². The van der Waals surface area contributed by atoms with Gasteiger partial charge in [-0.05, 0) is 31.0 Å². The molecule has 88 valence electrons. The van der Waals surface area contributed by atoms with Crippen molar-refractivity contribution < 1.29 is 15.0 Å². The fraction of sp³-hybridized carbons (Fsp3) is 0.417. The van der Waals surface area contributed by atoms with Gasteiger partial charge in [-0.25, -0.2) is 0 Å². The van der Waals surface area contributed by atoms with E-state index in [2.05, 4.69) is 15.9 Å². The number of hydrogen-bond donors (Lipinski definition) is 2. The Kier molecular flexibility index (Phi) is 4.10. The van der Waals surface area contributed by atoms with Gasteiger partial charge in [0.25, 0.3) is 0 Å². The Hall–Kier alpha value is -0.870. The summed E-state index contributed by atoms with van der Waals surface area (Å²) < 4.78 is 0.828. The van der Waals surface area contributed by atoms with E-state index in [9.17, 15) is 9.90 Å². The summed E-state index contributed by atoms with van der Waals surface area (Å²) in [6, 6.07) is 7.12. The van der Waals surface area contributed by atoms with Crippen LogP contribution in [0.2, 0.25) is 0 Å². The largest absolute Gasteiger partial charge is 0.481 e. The van der Waals surface area contributed by atoms with Crippen LogP contribution >= 0.6 is 15.9 Å². The highest BCUT2D eigenvalue weighted by molar-refractivity contribution is 9.10. The Morgan fingerprint density at radius 3 is 2.62 bits per heavy atom. The minimum Gasteiger partial charge on any atom is -0.481 e. The second-order valence-corrected chi connectivity index (χ2v) is 4.76. The topological polar surface area (TPSA) is 57.5 Å². The highest BCUT2D eigenvalue weighted by Gasteiger charge is 2.38. The Balaban J connectivity index is 3.19. The van der Waals surface area contributed by atoms with Crippen LogP contribution < -0.4 is 0 Å². The number of aliphatic hydroxyl groups is 1. The van der Waals surface area contributed by atoms with Crippen LogP contribution in [0.3, 0.4) is 0 Å². The summed E-state index contributed by atoms with van der Waals surface area (Å²) in [6.07, 6.45) is 0.358. The first-order valence-electron chi connectivity index (χ1n) is 5.13. The second-order valence-electron chi connectivity index (χ2n) is 3.85. The van der Waals surface area contributed by atoms with Crippen molar-refractivity contribution in [1.29, 1.82) is 0 Å². The van der Waals surface area contributed by atoms with E-state index < -0.39 is 17.5 Å². The van der Waals surface area contributed by atoms with Crippen molar-refractivity contribution in [3.63, 3.8) is 0 Å². The van der Waals surface area contributed by atoms with Gasteiger partial charge in [0, 0.05) is 4.47 Å². The normalized spacial score (nSPS) is 16.5. The predicted octanol–water partition coefficient (Wildman–Crippen LogP) is 2.77. The molecule has 0 spiro atoms. The smallest absolute Gasteiger partial charge is 0.309 e. The van der Waals surface area contributed by atoms with Crippen molar-refractivity contribution in [2.24, 2.45) is 5.92 Å². The maximum Gasteiger partial charge on any atom is 0.309 e. The number of carboxylic acid groups (broad SMARTS) is 1. The fourth-order valence-electron chi connectivity index (χ4n) is 1.72. The molecule has 1 aromatic carbocycles. The molecule has 2 N–H and O–H groups in total. The fourth-order valence-corrected chi connectivity index (χ4v) is 2.12. The highest BCUT2D eigenvalue weighted by atomic mass is 79.9. The summed E-state index contributed by atoms with van der Waals surface area (Å²) in [5.74, 6) is -1.84. The van der Waals surface area contributed by atoms with Gasteiger partial charge in [-0.15, -0.1) is 0 Å². The summed E-state index contributed by atoms with van der Waals surface area (Å²) in [7, 11) is 0. The SMILES string of the molecule is CCC(O)(c1cccc(Br)c1)C(C)C(=O)O. The van der Waals surface area contributed by atoms with Crippen LogP contribution in [-0.2, 0) is 10.4 Å². The predicted molar refractivity (Wildman–Crippen MR) is 65.1 cm³/mol. The zero-order chi connectivity index (χ0) is 12.3. The van der Waals surface area contributed by atoms with Crippen molar-refractivity contribution in [3.8, 4) is 0 Å². The molecule has 0 aliphatic rings. The number of hydrogen-bond acceptors (Lipinski definition) is 2. The molecule has 0 saturated heterocycles. The van der Waals surface area contributed by atoms with E-state index in [0.717, 1.165) is 4.47 Å². The van der Waals surface area contributed by atoms with Gasteiger partial charge in [0.15, 0.2) is 0 Å². The molecule has 0 saturated carbocycles. The first-order chi connectivity index (χ1) is 7.41.